The van der Waals surface area contributed by atoms with E-state index in [4.69, 9.17) is 0 Å². The number of likely N-dealkylation sites (tertiary alicyclic amines) is 1. The second kappa shape index (κ2) is 7.76. The van der Waals surface area contributed by atoms with Gasteiger partial charge in [-0.2, -0.15) is 0 Å². The van der Waals surface area contributed by atoms with Gasteiger partial charge in [0.2, 0.25) is 11.8 Å². The molecule has 2 rings (SSSR count). The molecule has 0 aliphatic carbocycles. The molecular formula is C16H21FN2O2. The van der Waals surface area contributed by atoms with Crippen molar-refractivity contribution in [2.45, 2.75) is 32.1 Å². The highest BCUT2D eigenvalue weighted by Gasteiger charge is 2.16. The number of carbonyl (C=O) groups excluding carboxylic acids is 2. The maximum atomic E-state index is 13.0. The minimum Gasteiger partial charge on any atom is -0.347 e. The standard InChI is InChI=1S/C16H21FN2O2/c17-14-7-5-6-13(10-14)11-15(20)18-12-16(21)19-8-3-1-2-4-9-19/h5-7,10H,1-4,8-9,11-12H2,(H,18,20). The van der Waals surface area contributed by atoms with Crippen LogP contribution >= 0.6 is 0 Å². The second-order valence-corrected chi connectivity index (χ2v) is 5.38. The number of hydrogen-bond donors (Lipinski definition) is 1. The molecule has 0 atom stereocenters. The van der Waals surface area contributed by atoms with Gasteiger partial charge in [-0.3, -0.25) is 9.59 Å². The molecule has 4 nitrogen and oxygen atoms in total. The number of nitrogens with zero attached hydrogens (tertiary/aromatic N) is 1. The summed E-state index contributed by atoms with van der Waals surface area (Å²) in [7, 11) is 0. The van der Waals surface area contributed by atoms with Gasteiger partial charge in [-0.1, -0.05) is 25.0 Å². The molecule has 21 heavy (non-hydrogen) atoms. The van der Waals surface area contributed by atoms with Crippen LogP contribution in [0.5, 0.6) is 0 Å². The molecule has 5 heteroatoms. The number of rotatable bonds is 4. The Morgan fingerprint density at radius 3 is 2.52 bits per heavy atom. The van der Waals surface area contributed by atoms with Crippen molar-refractivity contribution in [3.05, 3.63) is 35.6 Å². The molecule has 1 fully saturated rings. The zero-order chi connectivity index (χ0) is 15.1. The van der Waals surface area contributed by atoms with Gasteiger partial charge in [0.05, 0.1) is 13.0 Å². The van der Waals surface area contributed by atoms with Gasteiger partial charge in [-0.15, -0.1) is 0 Å². The van der Waals surface area contributed by atoms with E-state index in [1.54, 1.807) is 12.1 Å². The first-order valence-corrected chi connectivity index (χ1v) is 7.44. The lowest BCUT2D eigenvalue weighted by Crippen LogP contribution is -2.41. The molecule has 0 radical (unpaired) electrons. The number of nitrogens with one attached hydrogen (secondary N) is 1. The Morgan fingerprint density at radius 2 is 1.86 bits per heavy atom. The lowest BCUT2D eigenvalue weighted by atomic mass is 10.1. The van der Waals surface area contributed by atoms with Gasteiger partial charge in [0.1, 0.15) is 5.82 Å². The van der Waals surface area contributed by atoms with Crippen molar-refractivity contribution in [3.63, 3.8) is 0 Å². The summed E-state index contributed by atoms with van der Waals surface area (Å²) in [4.78, 5) is 25.6. The van der Waals surface area contributed by atoms with E-state index in [0.717, 1.165) is 38.8 Å². The quantitative estimate of drug-likeness (QED) is 0.921. The molecule has 114 valence electrons. The molecular weight excluding hydrogens is 271 g/mol. The second-order valence-electron chi connectivity index (χ2n) is 5.38. The van der Waals surface area contributed by atoms with Crippen LogP contribution in [-0.4, -0.2) is 36.3 Å². The summed E-state index contributed by atoms with van der Waals surface area (Å²) in [6.07, 6.45) is 4.47. The first kappa shape index (κ1) is 15.5. The molecule has 0 unspecified atom stereocenters. The molecule has 1 aliphatic heterocycles. The van der Waals surface area contributed by atoms with Gasteiger partial charge in [-0.05, 0) is 30.5 Å². The van der Waals surface area contributed by atoms with Crippen molar-refractivity contribution in [3.8, 4) is 0 Å². The van der Waals surface area contributed by atoms with Crippen molar-refractivity contribution in [2.24, 2.45) is 0 Å². The maximum absolute atomic E-state index is 13.0. The average Bonchev–Trinajstić information content (AvgIpc) is 2.74. The molecule has 1 aliphatic rings. The molecule has 1 aromatic carbocycles. The molecule has 2 amide bonds. The van der Waals surface area contributed by atoms with Gasteiger partial charge >= 0.3 is 0 Å². The molecule has 0 aromatic heterocycles. The summed E-state index contributed by atoms with van der Waals surface area (Å²) in [6.45, 7) is 1.57. The first-order valence-electron chi connectivity index (χ1n) is 7.44. The van der Waals surface area contributed by atoms with E-state index in [0.29, 0.717) is 5.56 Å². The van der Waals surface area contributed by atoms with E-state index in [2.05, 4.69) is 5.32 Å². The number of halogens is 1. The van der Waals surface area contributed by atoms with Gasteiger partial charge < -0.3 is 10.2 Å². The number of benzene rings is 1. The zero-order valence-electron chi connectivity index (χ0n) is 12.1. The SMILES string of the molecule is O=C(Cc1cccc(F)c1)NCC(=O)N1CCCCCC1. The molecule has 0 bridgehead atoms. The predicted octanol–water partition coefficient (Wildman–Crippen LogP) is 1.89. The Bertz CT molecular complexity index is 497. The van der Waals surface area contributed by atoms with Crippen LogP contribution in [0.4, 0.5) is 4.39 Å². The largest absolute Gasteiger partial charge is 0.347 e. The zero-order valence-corrected chi connectivity index (χ0v) is 12.1. The van der Waals surface area contributed by atoms with Crippen LogP contribution < -0.4 is 5.32 Å². The lowest BCUT2D eigenvalue weighted by molar-refractivity contribution is -0.132. The fraction of sp³-hybridized carbons (Fsp3) is 0.500. The smallest absolute Gasteiger partial charge is 0.241 e. The monoisotopic (exact) mass is 292 g/mol. The maximum Gasteiger partial charge on any atom is 0.241 e. The van der Waals surface area contributed by atoms with Crippen molar-refractivity contribution in [2.75, 3.05) is 19.6 Å². The van der Waals surface area contributed by atoms with Crippen LogP contribution in [0.1, 0.15) is 31.2 Å². The Morgan fingerprint density at radius 1 is 1.14 bits per heavy atom. The van der Waals surface area contributed by atoms with E-state index in [-0.39, 0.29) is 30.6 Å². The summed E-state index contributed by atoms with van der Waals surface area (Å²) in [5.74, 6) is -0.658. The molecule has 0 spiro atoms. The van der Waals surface area contributed by atoms with Crippen LogP contribution in [0.15, 0.2) is 24.3 Å². The highest BCUT2D eigenvalue weighted by Crippen LogP contribution is 2.09. The predicted molar refractivity (Wildman–Crippen MR) is 78.2 cm³/mol. The molecule has 1 heterocycles. The molecule has 1 saturated heterocycles. The van der Waals surface area contributed by atoms with E-state index in [1.807, 2.05) is 4.90 Å². The fourth-order valence-corrected chi connectivity index (χ4v) is 2.50. The summed E-state index contributed by atoms with van der Waals surface area (Å²) >= 11 is 0. The third kappa shape index (κ3) is 5.17. The van der Waals surface area contributed by atoms with Crippen molar-refractivity contribution in [1.29, 1.82) is 0 Å². The van der Waals surface area contributed by atoms with Crippen LogP contribution in [0.2, 0.25) is 0 Å². The third-order valence-electron chi connectivity index (χ3n) is 3.65. The number of hydrogen-bond acceptors (Lipinski definition) is 2. The first-order chi connectivity index (χ1) is 10.1. The topological polar surface area (TPSA) is 49.4 Å². The number of carbonyl (C=O) groups is 2. The minimum atomic E-state index is -0.360. The Hall–Kier alpha value is -1.91. The van der Waals surface area contributed by atoms with E-state index in [1.165, 1.54) is 12.1 Å². The molecule has 1 N–H and O–H groups in total. The van der Waals surface area contributed by atoms with Crippen LogP contribution in [0.3, 0.4) is 0 Å². The Kier molecular flexibility index (Phi) is 5.72. The van der Waals surface area contributed by atoms with Gasteiger partial charge in [-0.25, -0.2) is 4.39 Å². The van der Waals surface area contributed by atoms with E-state index < -0.39 is 0 Å². The average molecular weight is 292 g/mol. The fourth-order valence-electron chi connectivity index (χ4n) is 2.50. The van der Waals surface area contributed by atoms with Crippen LogP contribution in [0, 0.1) is 5.82 Å². The number of amides is 2. The van der Waals surface area contributed by atoms with Gasteiger partial charge in [0.25, 0.3) is 0 Å². The van der Waals surface area contributed by atoms with Crippen LogP contribution in [-0.2, 0) is 16.0 Å². The van der Waals surface area contributed by atoms with Gasteiger partial charge in [0.15, 0.2) is 0 Å². The van der Waals surface area contributed by atoms with Crippen molar-refractivity contribution in [1.82, 2.24) is 10.2 Å². The summed E-state index contributed by atoms with van der Waals surface area (Å²) in [5, 5.41) is 2.62. The Labute approximate surface area is 124 Å². The normalized spacial score (nSPS) is 15.4. The third-order valence-corrected chi connectivity index (χ3v) is 3.65. The van der Waals surface area contributed by atoms with Crippen molar-refractivity contribution < 1.29 is 14.0 Å². The van der Waals surface area contributed by atoms with Crippen molar-refractivity contribution >= 4 is 11.8 Å². The van der Waals surface area contributed by atoms with E-state index in [9.17, 15) is 14.0 Å². The Balaban J connectivity index is 1.76. The molecule has 1 aromatic rings. The summed E-state index contributed by atoms with van der Waals surface area (Å²) in [6, 6.07) is 5.93. The lowest BCUT2D eigenvalue weighted by Gasteiger charge is -2.20. The highest BCUT2D eigenvalue weighted by molar-refractivity contribution is 5.85. The molecule has 0 saturated carbocycles. The van der Waals surface area contributed by atoms with Gasteiger partial charge in [0, 0.05) is 13.1 Å². The highest BCUT2D eigenvalue weighted by atomic mass is 19.1. The summed E-state index contributed by atoms with van der Waals surface area (Å²) < 4.78 is 13.0. The minimum absolute atomic E-state index is 0.0220. The van der Waals surface area contributed by atoms with E-state index >= 15 is 0 Å². The van der Waals surface area contributed by atoms with Crippen LogP contribution in [0.25, 0.3) is 0 Å². The summed E-state index contributed by atoms with van der Waals surface area (Å²) in [5.41, 5.74) is 0.606.